The smallest absolute Gasteiger partial charge is 0.296 e. The van der Waals surface area contributed by atoms with E-state index in [4.69, 9.17) is 9.47 Å². The van der Waals surface area contributed by atoms with Gasteiger partial charge in [-0.15, -0.1) is 0 Å². The topological polar surface area (TPSA) is 82.5 Å². The Hall–Kier alpha value is -3.61. The Kier molecular flexibility index (Phi) is 5.03. The lowest BCUT2D eigenvalue weighted by Gasteiger charge is -2.10. The van der Waals surface area contributed by atoms with Crippen LogP contribution in [0.4, 0.5) is 5.69 Å². The van der Waals surface area contributed by atoms with Crippen LogP contribution in [0.25, 0.3) is 5.69 Å². The number of fused-ring (bicyclic) bond motifs is 1. The molecule has 0 atom stereocenters. The number of Topliss-reactive ketones (excluding diaryl/α,β-unsaturated/α-hetero) is 1. The number of ether oxygens (including phenoxy) is 2. The Morgan fingerprint density at radius 1 is 1.00 bits per heavy atom. The average molecular weight is 391 g/mol. The van der Waals surface area contributed by atoms with Crippen LogP contribution in [0.2, 0.25) is 0 Å². The predicted molar refractivity (Wildman–Crippen MR) is 108 cm³/mol. The minimum absolute atomic E-state index is 0.306. The molecule has 1 aromatic heterocycles. The van der Waals surface area contributed by atoms with Gasteiger partial charge in [-0.2, -0.15) is 5.10 Å². The predicted octanol–water partition coefficient (Wildman–Crippen LogP) is 3.47. The molecule has 4 rings (SSSR count). The Morgan fingerprint density at radius 2 is 1.72 bits per heavy atom. The first-order valence-electron chi connectivity index (χ1n) is 9.41. The molecular formula is C22H21N3O4. The van der Waals surface area contributed by atoms with E-state index in [0.717, 1.165) is 12.1 Å². The highest BCUT2D eigenvalue weighted by atomic mass is 16.5. The number of nitrogens with zero attached hydrogens (tertiary/aromatic N) is 2. The first kappa shape index (κ1) is 18.7. The fraction of sp³-hybridized carbons (Fsp3) is 0.227. The van der Waals surface area contributed by atoms with Crippen LogP contribution in [-0.4, -0.2) is 34.7 Å². The van der Waals surface area contributed by atoms with Gasteiger partial charge in [-0.05, 0) is 38.1 Å². The van der Waals surface area contributed by atoms with Crippen molar-refractivity contribution in [1.29, 1.82) is 0 Å². The standard InChI is InChI=1S/C22H21N3O4/c1-14-20(15(2)25(24-14)17-7-4-3-5-8-17)21(26)22(27)23-16-9-10-18-19(13-16)29-12-6-11-28-18/h3-5,7-10,13H,6,11-12H2,1-2H3,(H,23,27). The lowest BCUT2D eigenvalue weighted by atomic mass is 10.1. The Morgan fingerprint density at radius 3 is 2.48 bits per heavy atom. The summed E-state index contributed by atoms with van der Waals surface area (Å²) in [4.78, 5) is 25.5. The largest absolute Gasteiger partial charge is 0.490 e. The molecule has 2 aromatic carbocycles. The summed E-state index contributed by atoms with van der Waals surface area (Å²) in [6.45, 7) is 4.63. The third-order valence-electron chi connectivity index (χ3n) is 4.73. The number of hydrogen-bond acceptors (Lipinski definition) is 5. The van der Waals surface area contributed by atoms with Crippen molar-refractivity contribution in [2.24, 2.45) is 0 Å². The van der Waals surface area contributed by atoms with Crippen molar-refractivity contribution in [3.63, 3.8) is 0 Å². The number of amides is 1. The first-order chi connectivity index (χ1) is 14.0. The van der Waals surface area contributed by atoms with Gasteiger partial charge in [0.15, 0.2) is 11.5 Å². The number of benzene rings is 2. The van der Waals surface area contributed by atoms with E-state index in [1.807, 2.05) is 30.3 Å². The van der Waals surface area contributed by atoms with Crippen LogP contribution in [0, 0.1) is 13.8 Å². The van der Waals surface area contributed by atoms with E-state index >= 15 is 0 Å². The van der Waals surface area contributed by atoms with Crippen molar-refractivity contribution < 1.29 is 19.1 Å². The van der Waals surface area contributed by atoms with Gasteiger partial charge in [-0.25, -0.2) is 4.68 Å². The molecule has 0 radical (unpaired) electrons. The number of anilines is 1. The molecule has 1 N–H and O–H groups in total. The lowest BCUT2D eigenvalue weighted by molar-refractivity contribution is -0.112. The SMILES string of the molecule is Cc1nn(-c2ccccc2)c(C)c1C(=O)C(=O)Nc1ccc2c(c1)OCCCO2. The summed E-state index contributed by atoms with van der Waals surface area (Å²) in [5.41, 5.74) is 2.73. The molecule has 2 heterocycles. The molecule has 3 aromatic rings. The maximum absolute atomic E-state index is 12.9. The quantitative estimate of drug-likeness (QED) is 0.544. The van der Waals surface area contributed by atoms with Crippen LogP contribution >= 0.6 is 0 Å². The Bertz CT molecular complexity index is 1070. The van der Waals surface area contributed by atoms with Crippen molar-refractivity contribution in [1.82, 2.24) is 9.78 Å². The van der Waals surface area contributed by atoms with Gasteiger partial charge in [0, 0.05) is 18.2 Å². The summed E-state index contributed by atoms with van der Waals surface area (Å²) < 4.78 is 12.9. The maximum Gasteiger partial charge on any atom is 0.296 e. The van der Waals surface area contributed by atoms with Crippen LogP contribution in [0.1, 0.15) is 28.2 Å². The van der Waals surface area contributed by atoms with Crippen molar-refractivity contribution in [3.05, 3.63) is 65.5 Å². The maximum atomic E-state index is 12.9. The van der Waals surface area contributed by atoms with Crippen LogP contribution < -0.4 is 14.8 Å². The highest BCUT2D eigenvalue weighted by molar-refractivity contribution is 6.47. The van der Waals surface area contributed by atoms with Crippen LogP contribution in [0.5, 0.6) is 11.5 Å². The van der Waals surface area contributed by atoms with E-state index in [0.29, 0.717) is 47.4 Å². The van der Waals surface area contributed by atoms with E-state index in [1.165, 1.54) is 0 Å². The van der Waals surface area contributed by atoms with Crippen LogP contribution in [0.15, 0.2) is 48.5 Å². The third-order valence-corrected chi connectivity index (χ3v) is 4.73. The fourth-order valence-electron chi connectivity index (χ4n) is 3.33. The number of carbonyl (C=O) groups is 2. The van der Waals surface area contributed by atoms with Gasteiger partial charge < -0.3 is 14.8 Å². The molecule has 1 amide bonds. The van der Waals surface area contributed by atoms with Gasteiger partial charge >= 0.3 is 0 Å². The molecule has 0 saturated heterocycles. The summed E-state index contributed by atoms with van der Waals surface area (Å²) in [6.07, 6.45) is 0.790. The molecule has 29 heavy (non-hydrogen) atoms. The van der Waals surface area contributed by atoms with Gasteiger partial charge in [0.05, 0.1) is 35.9 Å². The molecule has 148 valence electrons. The normalized spacial score (nSPS) is 12.9. The number of nitrogens with one attached hydrogen (secondary N) is 1. The fourth-order valence-corrected chi connectivity index (χ4v) is 3.33. The Labute approximate surface area is 168 Å². The number of ketones is 1. The zero-order chi connectivity index (χ0) is 20.4. The molecule has 0 spiro atoms. The van der Waals surface area contributed by atoms with Crippen molar-refractivity contribution in [2.75, 3.05) is 18.5 Å². The van der Waals surface area contributed by atoms with Gasteiger partial charge in [0.25, 0.3) is 11.7 Å². The summed E-state index contributed by atoms with van der Waals surface area (Å²) in [5, 5.41) is 7.09. The molecule has 0 saturated carbocycles. The van der Waals surface area contributed by atoms with Crippen LogP contribution in [0.3, 0.4) is 0 Å². The number of aryl methyl sites for hydroxylation is 1. The summed E-state index contributed by atoms with van der Waals surface area (Å²) in [5.74, 6) is -0.174. The molecule has 7 heteroatoms. The van der Waals surface area contributed by atoms with Gasteiger partial charge in [-0.1, -0.05) is 18.2 Å². The zero-order valence-corrected chi connectivity index (χ0v) is 16.3. The molecule has 1 aliphatic rings. The van der Waals surface area contributed by atoms with Gasteiger partial charge in [-0.3, -0.25) is 9.59 Å². The monoisotopic (exact) mass is 391 g/mol. The Balaban J connectivity index is 1.57. The van der Waals surface area contributed by atoms with E-state index in [-0.39, 0.29) is 0 Å². The van der Waals surface area contributed by atoms with Crippen LogP contribution in [-0.2, 0) is 4.79 Å². The summed E-state index contributed by atoms with van der Waals surface area (Å²) in [7, 11) is 0. The van der Waals surface area contributed by atoms with E-state index in [1.54, 1.807) is 36.7 Å². The second-order valence-corrected chi connectivity index (χ2v) is 6.79. The molecule has 0 aliphatic carbocycles. The molecule has 7 nitrogen and oxygen atoms in total. The number of para-hydroxylation sites is 1. The minimum Gasteiger partial charge on any atom is -0.490 e. The second kappa shape index (κ2) is 7.79. The molecule has 1 aliphatic heterocycles. The molecule has 0 bridgehead atoms. The second-order valence-electron chi connectivity index (χ2n) is 6.79. The average Bonchev–Trinajstić information content (AvgIpc) is 2.89. The number of carbonyl (C=O) groups excluding carboxylic acids is 2. The van der Waals surface area contributed by atoms with E-state index in [2.05, 4.69) is 10.4 Å². The summed E-state index contributed by atoms with van der Waals surface area (Å²) in [6, 6.07) is 14.6. The number of hydrogen-bond donors (Lipinski definition) is 1. The summed E-state index contributed by atoms with van der Waals surface area (Å²) >= 11 is 0. The van der Waals surface area contributed by atoms with E-state index < -0.39 is 11.7 Å². The van der Waals surface area contributed by atoms with Crippen molar-refractivity contribution in [2.45, 2.75) is 20.3 Å². The third kappa shape index (κ3) is 3.71. The van der Waals surface area contributed by atoms with Gasteiger partial charge in [0.1, 0.15) is 0 Å². The van der Waals surface area contributed by atoms with Crippen molar-refractivity contribution >= 4 is 17.4 Å². The van der Waals surface area contributed by atoms with E-state index in [9.17, 15) is 9.59 Å². The number of rotatable bonds is 4. The van der Waals surface area contributed by atoms with Gasteiger partial charge in [0.2, 0.25) is 0 Å². The zero-order valence-electron chi connectivity index (χ0n) is 16.3. The highest BCUT2D eigenvalue weighted by Crippen LogP contribution is 2.32. The number of aromatic nitrogens is 2. The lowest BCUT2D eigenvalue weighted by Crippen LogP contribution is -2.24. The molecule has 0 unspecified atom stereocenters. The highest BCUT2D eigenvalue weighted by Gasteiger charge is 2.25. The molecule has 0 fully saturated rings. The molecular weight excluding hydrogens is 370 g/mol. The first-order valence-corrected chi connectivity index (χ1v) is 9.41. The minimum atomic E-state index is -0.724. The van der Waals surface area contributed by atoms with Crippen molar-refractivity contribution in [3.8, 4) is 17.2 Å².